The lowest BCUT2D eigenvalue weighted by molar-refractivity contribution is -0.124. The Kier molecular flexibility index (Phi) is 14.0. The smallest absolute Gasteiger partial charge is 0.185 e. The van der Waals surface area contributed by atoms with Gasteiger partial charge in [0.25, 0.3) is 0 Å². The van der Waals surface area contributed by atoms with Crippen LogP contribution in [0.2, 0.25) is 0 Å². The number of ketones is 2. The van der Waals surface area contributed by atoms with Gasteiger partial charge in [0.05, 0.1) is 19.3 Å². The highest BCUT2D eigenvalue weighted by Crippen LogP contribution is 2.47. The molecule has 1 aliphatic heterocycles. The first-order valence-corrected chi connectivity index (χ1v) is 22.3. The van der Waals surface area contributed by atoms with Crippen molar-refractivity contribution >= 4 is 28.3 Å². The summed E-state index contributed by atoms with van der Waals surface area (Å²) in [5, 5.41) is 50.2. The van der Waals surface area contributed by atoms with Crippen LogP contribution in [0.15, 0.2) is 47.5 Å². The molecule has 3 aromatic carbocycles. The molecule has 3 fully saturated rings. The van der Waals surface area contributed by atoms with Crippen molar-refractivity contribution in [3.63, 3.8) is 0 Å². The van der Waals surface area contributed by atoms with Gasteiger partial charge in [0.1, 0.15) is 17.5 Å². The monoisotopic (exact) mass is 820 g/mol. The molecule has 3 aliphatic carbocycles. The number of piperidine rings is 1. The molecule has 0 aromatic heterocycles. The highest BCUT2D eigenvalue weighted by molar-refractivity contribution is 5.88. The fourth-order valence-electron chi connectivity index (χ4n) is 10.9. The van der Waals surface area contributed by atoms with Crippen LogP contribution in [0, 0.1) is 29.6 Å². The van der Waals surface area contributed by atoms with Crippen LogP contribution in [-0.4, -0.2) is 69.3 Å². The molecule has 4 aliphatic rings. The van der Waals surface area contributed by atoms with Crippen molar-refractivity contribution < 1.29 is 34.8 Å². The van der Waals surface area contributed by atoms with Crippen LogP contribution >= 0.6 is 0 Å². The van der Waals surface area contributed by atoms with Crippen LogP contribution in [0.1, 0.15) is 137 Å². The first-order chi connectivity index (χ1) is 28.9. The summed E-state index contributed by atoms with van der Waals surface area (Å²) in [5.74, 6) is 7.13. The zero-order valence-corrected chi connectivity index (χ0v) is 35.1. The number of carbonyl (C=O) groups is 2. The number of aliphatic imine (C=N–C) groups is 1. The van der Waals surface area contributed by atoms with Crippen LogP contribution in [0.3, 0.4) is 0 Å². The second-order valence-corrected chi connectivity index (χ2v) is 18.0. The summed E-state index contributed by atoms with van der Waals surface area (Å²) < 4.78 is 5.45. The van der Waals surface area contributed by atoms with Gasteiger partial charge in [0.2, 0.25) is 0 Å². The Bertz CT molecular complexity index is 2110. The van der Waals surface area contributed by atoms with Gasteiger partial charge in [-0.05, 0) is 139 Å². The van der Waals surface area contributed by atoms with Gasteiger partial charge < -0.3 is 41.9 Å². The lowest BCUT2D eigenvalue weighted by Crippen LogP contribution is -2.63. The van der Waals surface area contributed by atoms with Gasteiger partial charge >= 0.3 is 0 Å². The fraction of sp³-hybridized carbons (Fsp3) is 0.571. The molecule has 2 saturated carbocycles. The molecule has 7 atom stereocenters. The third-order valence-electron chi connectivity index (χ3n) is 14.1. The van der Waals surface area contributed by atoms with E-state index in [9.17, 15) is 30.0 Å². The van der Waals surface area contributed by atoms with Crippen molar-refractivity contribution in [2.24, 2.45) is 34.2 Å². The highest BCUT2D eigenvalue weighted by atomic mass is 16.5. The van der Waals surface area contributed by atoms with Crippen LogP contribution in [0.25, 0.3) is 10.8 Å². The SMILES string of the molecule is COc1cc2c(cc1O)[C@H](CC[C@H](O)c1cc(CCN=C(N)N)c3cc(O)ccc3c1)C#C[C@H]([C@H](O)CCCC[C@@H]1C[C@@H]3CCC(=O)C[C@H]3NC13CCCCC3)C(=O)CC2. The maximum Gasteiger partial charge on any atom is 0.185 e. The van der Waals surface area contributed by atoms with E-state index < -0.39 is 24.0 Å². The highest BCUT2D eigenvalue weighted by Gasteiger charge is 2.48. The number of benzene rings is 3. The molecular formula is C49H64N4O7. The summed E-state index contributed by atoms with van der Waals surface area (Å²) >= 11 is 0. The van der Waals surface area contributed by atoms with Crippen molar-refractivity contribution in [2.75, 3.05) is 13.7 Å². The number of unbranched alkanes of at least 4 members (excludes halogenated alkanes) is 1. The molecule has 322 valence electrons. The molecule has 0 radical (unpaired) electrons. The quantitative estimate of drug-likeness (QED) is 0.0394. The van der Waals surface area contributed by atoms with Gasteiger partial charge in [-0.2, -0.15) is 0 Å². The molecule has 0 amide bonds. The van der Waals surface area contributed by atoms with Crippen molar-refractivity contribution in [1.29, 1.82) is 0 Å². The van der Waals surface area contributed by atoms with Gasteiger partial charge in [0, 0.05) is 43.3 Å². The molecule has 7 rings (SSSR count). The molecule has 3 aromatic rings. The number of hydrogen-bond donors (Lipinski definition) is 7. The summed E-state index contributed by atoms with van der Waals surface area (Å²) in [6, 6.07) is 12.7. The van der Waals surface area contributed by atoms with Gasteiger partial charge in [0.15, 0.2) is 23.2 Å². The molecule has 0 unspecified atom stereocenters. The topological polar surface area (TPSA) is 201 Å². The minimum Gasteiger partial charge on any atom is -0.508 e. The van der Waals surface area contributed by atoms with E-state index in [0.717, 1.165) is 53.1 Å². The second-order valence-electron chi connectivity index (χ2n) is 18.0. The predicted molar refractivity (Wildman–Crippen MR) is 234 cm³/mol. The van der Waals surface area contributed by atoms with Crippen molar-refractivity contribution in [2.45, 2.75) is 145 Å². The second kappa shape index (κ2) is 19.4. The van der Waals surface area contributed by atoms with E-state index in [1.165, 1.54) is 45.6 Å². The number of nitrogens with two attached hydrogens (primary N) is 2. The van der Waals surface area contributed by atoms with E-state index in [4.69, 9.17) is 16.2 Å². The Labute approximate surface area is 354 Å². The first kappa shape index (κ1) is 43.5. The van der Waals surface area contributed by atoms with Gasteiger partial charge in [-0.3, -0.25) is 14.6 Å². The van der Waals surface area contributed by atoms with E-state index in [0.29, 0.717) is 86.5 Å². The number of aliphatic hydroxyl groups is 2. The maximum atomic E-state index is 13.8. The van der Waals surface area contributed by atoms with E-state index >= 15 is 0 Å². The largest absolute Gasteiger partial charge is 0.508 e. The number of hydrogen-bond acceptors (Lipinski definition) is 9. The zero-order chi connectivity index (χ0) is 42.4. The number of methoxy groups -OCH3 is 1. The Morgan fingerprint density at radius 1 is 0.967 bits per heavy atom. The molecule has 1 spiro atoms. The summed E-state index contributed by atoms with van der Waals surface area (Å²) in [4.78, 5) is 30.3. The Hall–Kier alpha value is -4.63. The third kappa shape index (κ3) is 10.1. The van der Waals surface area contributed by atoms with Crippen molar-refractivity contribution in [3.8, 4) is 29.1 Å². The summed E-state index contributed by atoms with van der Waals surface area (Å²) in [7, 11) is 1.49. The summed E-state index contributed by atoms with van der Waals surface area (Å²) in [5.41, 5.74) is 14.5. The van der Waals surface area contributed by atoms with Crippen LogP contribution in [0.4, 0.5) is 0 Å². The number of fused-ring (bicyclic) bond motifs is 3. The van der Waals surface area contributed by atoms with E-state index in [1.54, 1.807) is 24.3 Å². The van der Waals surface area contributed by atoms with E-state index in [-0.39, 0.29) is 35.2 Å². The molecule has 9 N–H and O–H groups in total. The number of aliphatic hydroxyl groups excluding tert-OH is 2. The molecule has 0 bridgehead atoms. The van der Waals surface area contributed by atoms with Gasteiger partial charge in [-0.25, -0.2) is 0 Å². The molecule has 1 heterocycles. The Balaban J connectivity index is 1.06. The number of ether oxygens (including phenoxy) is 1. The molecule has 11 heteroatoms. The average Bonchev–Trinajstić information content (AvgIpc) is 3.29. The van der Waals surface area contributed by atoms with Gasteiger partial charge in [-0.1, -0.05) is 56.1 Å². The predicted octanol–water partition coefficient (Wildman–Crippen LogP) is 6.78. The zero-order valence-electron chi connectivity index (χ0n) is 35.1. The summed E-state index contributed by atoms with van der Waals surface area (Å²) in [6.07, 6.45) is 13.0. The fourth-order valence-corrected chi connectivity index (χ4v) is 10.9. The molecule has 1 saturated heterocycles. The minimum absolute atomic E-state index is 0.00668. The molecule has 60 heavy (non-hydrogen) atoms. The van der Waals surface area contributed by atoms with Crippen LogP contribution < -0.4 is 21.5 Å². The number of Topliss-reactive ketones (excluding diaryl/α,β-unsaturated/α-hetero) is 2. The number of aryl methyl sites for hydroxylation is 1. The number of rotatable bonds is 14. The minimum atomic E-state index is -0.906. The van der Waals surface area contributed by atoms with E-state index in [2.05, 4.69) is 22.2 Å². The number of carbonyl (C=O) groups excluding carboxylic acids is 2. The van der Waals surface area contributed by atoms with Crippen LogP contribution in [-0.2, 0) is 22.4 Å². The van der Waals surface area contributed by atoms with E-state index in [1.807, 2.05) is 18.2 Å². The van der Waals surface area contributed by atoms with Crippen molar-refractivity contribution in [3.05, 3.63) is 64.7 Å². The number of aromatic hydroxyl groups is 2. The normalized spacial score (nSPS) is 24.8. The average molecular weight is 821 g/mol. The third-order valence-corrected chi connectivity index (χ3v) is 14.1. The molecular weight excluding hydrogens is 757 g/mol. The number of nitrogens with zero attached hydrogens (tertiary/aromatic N) is 1. The standard InChI is InChI=1S/C49H64N4O7/c1-60-47-26-32-13-18-45(58)39(44(57)8-4-3-7-36-25-34-10-15-38(55)28-42(34)53-49(36)20-5-2-6-21-49)16-11-30(41(32)29-46(47)59)12-17-43(56)35-23-31-9-14-37(54)27-40(31)33(24-35)19-22-52-48(50)51/h9,14,23-24,26-27,29-30,34,36,39,42-44,53-54,56-57,59H,2-8,10,12-13,15,17-22,25,28H2,1H3,(H4,50,51,52)/t30-,34-,36+,39+,42+,43-,44+/m0/s1. The lowest BCUT2D eigenvalue weighted by Gasteiger charge is -2.54. The number of nitrogens with one attached hydrogen (secondary N) is 1. The summed E-state index contributed by atoms with van der Waals surface area (Å²) in [6.45, 7) is 0.351. The number of phenols is 2. The lowest BCUT2D eigenvalue weighted by atomic mass is 9.62. The maximum absolute atomic E-state index is 13.8. The number of guanidine groups is 1. The van der Waals surface area contributed by atoms with Crippen molar-refractivity contribution in [1.82, 2.24) is 5.32 Å². The Morgan fingerprint density at radius 2 is 1.78 bits per heavy atom. The van der Waals surface area contributed by atoms with Gasteiger partial charge in [-0.15, -0.1) is 0 Å². The van der Waals surface area contributed by atoms with Crippen LogP contribution in [0.5, 0.6) is 17.2 Å². The first-order valence-electron chi connectivity index (χ1n) is 22.3. The number of phenolic OH excluding ortho intramolecular Hbond substituents is 2. The Morgan fingerprint density at radius 3 is 2.57 bits per heavy atom. The molecule has 11 nitrogen and oxygen atoms in total.